The fraction of sp³-hybridized carbons (Fsp3) is 0.818. The standard InChI is InChI=1S/C11H20N4O/c1-2-7-12-9-3-5-10(6-4-9)15-8-13-14-11(15)16/h8-10,12H,2-7H2,1H3,(H,14,16). The van der Waals surface area contributed by atoms with Crippen molar-refractivity contribution in [2.24, 2.45) is 0 Å². The smallest absolute Gasteiger partial charge is 0.314 e. The molecule has 1 saturated carbocycles. The molecule has 0 unspecified atom stereocenters. The van der Waals surface area contributed by atoms with Crippen molar-refractivity contribution in [3.05, 3.63) is 16.8 Å². The molecule has 1 heterocycles. The minimum atomic E-state index is -0.0787. The van der Waals surface area contributed by atoms with Crippen LogP contribution < -0.4 is 11.0 Å². The van der Waals surface area contributed by atoms with Crippen LogP contribution in [0, 0.1) is 0 Å². The van der Waals surface area contributed by atoms with Gasteiger partial charge in [-0.25, -0.2) is 9.89 Å². The van der Waals surface area contributed by atoms with Crippen molar-refractivity contribution in [1.29, 1.82) is 0 Å². The van der Waals surface area contributed by atoms with Gasteiger partial charge in [-0.1, -0.05) is 6.92 Å². The second kappa shape index (κ2) is 5.30. The van der Waals surface area contributed by atoms with Crippen LogP contribution in [-0.4, -0.2) is 27.4 Å². The first-order chi connectivity index (χ1) is 7.81. The molecule has 0 amide bonds. The first-order valence-electron chi connectivity index (χ1n) is 6.16. The SMILES string of the molecule is CCCNC1CCC(n2cn[nH]c2=O)CC1. The molecule has 0 aliphatic heterocycles. The van der Waals surface area contributed by atoms with E-state index in [4.69, 9.17) is 0 Å². The van der Waals surface area contributed by atoms with Gasteiger partial charge in [-0.3, -0.25) is 4.57 Å². The number of aromatic amines is 1. The predicted molar refractivity (Wildman–Crippen MR) is 62.4 cm³/mol. The van der Waals surface area contributed by atoms with Crippen LogP contribution in [0.4, 0.5) is 0 Å². The predicted octanol–water partition coefficient (Wildman–Crippen LogP) is 1.05. The van der Waals surface area contributed by atoms with E-state index in [9.17, 15) is 4.79 Å². The van der Waals surface area contributed by atoms with E-state index in [0.29, 0.717) is 12.1 Å². The zero-order valence-corrected chi connectivity index (χ0v) is 9.78. The van der Waals surface area contributed by atoms with E-state index < -0.39 is 0 Å². The highest BCUT2D eigenvalue weighted by atomic mass is 16.1. The van der Waals surface area contributed by atoms with Crippen molar-refractivity contribution in [2.45, 2.75) is 51.1 Å². The second-order valence-corrected chi connectivity index (χ2v) is 4.53. The van der Waals surface area contributed by atoms with Gasteiger partial charge in [0, 0.05) is 12.1 Å². The van der Waals surface area contributed by atoms with Gasteiger partial charge in [-0.05, 0) is 38.6 Å². The summed E-state index contributed by atoms with van der Waals surface area (Å²) in [6.45, 7) is 3.28. The number of rotatable bonds is 4. The molecule has 16 heavy (non-hydrogen) atoms. The molecule has 0 spiro atoms. The lowest BCUT2D eigenvalue weighted by molar-refractivity contribution is 0.287. The summed E-state index contributed by atoms with van der Waals surface area (Å²) in [6, 6.07) is 0.977. The third kappa shape index (κ3) is 2.52. The van der Waals surface area contributed by atoms with E-state index in [-0.39, 0.29) is 5.69 Å². The highest BCUT2D eigenvalue weighted by Gasteiger charge is 2.22. The van der Waals surface area contributed by atoms with Crippen molar-refractivity contribution < 1.29 is 0 Å². The van der Waals surface area contributed by atoms with E-state index in [2.05, 4.69) is 22.4 Å². The van der Waals surface area contributed by atoms with E-state index in [0.717, 1.165) is 32.2 Å². The second-order valence-electron chi connectivity index (χ2n) is 4.53. The fourth-order valence-electron chi connectivity index (χ4n) is 2.42. The lowest BCUT2D eigenvalue weighted by atomic mass is 9.91. The molecule has 1 aliphatic carbocycles. The Kier molecular flexibility index (Phi) is 3.77. The topological polar surface area (TPSA) is 62.7 Å². The third-order valence-electron chi connectivity index (χ3n) is 3.35. The van der Waals surface area contributed by atoms with Crippen LogP contribution in [0.5, 0.6) is 0 Å². The van der Waals surface area contributed by atoms with Gasteiger partial charge in [0.25, 0.3) is 0 Å². The zero-order valence-electron chi connectivity index (χ0n) is 9.78. The van der Waals surface area contributed by atoms with Crippen LogP contribution in [0.25, 0.3) is 0 Å². The first-order valence-corrected chi connectivity index (χ1v) is 6.16. The average Bonchev–Trinajstić information content (AvgIpc) is 2.74. The Labute approximate surface area is 95.2 Å². The molecule has 1 aromatic heterocycles. The number of aromatic nitrogens is 3. The van der Waals surface area contributed by atoms with Gasteiger partial charge in [-0.15, -0.1) is 0 Å². The highest BCUT2D eigenvalue weighted by Crippen LogP contribution is 2.26. The Hall–Kier alpha value is -1.10. The Balaban J connectivity index is 1.86. The lowest BCUT2D eigenvalue weighted by Gasteiger charge is -2.29. The van der Waals surface area contributed by atoms with Gasteiger partial charge in [0.15, 0.2) is 0 Å². The molecule has 0 saturated heterocycles. The summed E-state index contributed by atoms with van der Waals surface area (Å²) in [4.78, 5) is 11.4. The van der Waals surface area contributed by atoms with Crippen LogP contribution in [0.3, 0.4) is 0 Å². The maximum atomic E-state index is 11.4. The summed E-state index contributed by atoms with van der Waals surface area (Å²) >= 11 is 0. The maximum Gasteiger partial charge on any atom is 0.343 e. The minimum absolute atomic E-state index is 0.0787. The first kappa shape index (κ1) is 11.4. The number of H-pyrrole nitrogens is 1. The van der Waals surface area contributed by atoms with Crippen LogP contribution >= 0.6 is 0 Å². The molecule has 0 radical (unpaired) electrons. The molecule has 1 aromatic rings. The normalized spacial score (nSPS) is 25.8. The van der Waals surface area contributed by atoms with Crippen molar-refractivity contribution in [1.82, 2.24) is 20.1 Å². The fourth-order valence-corrected chi connectivity index (χ4v) is 2.42. The summed E-state index contributed by atoms with van der Waals surface area (Å²) in [5.74, 6) is 0. The minimum Gasteiger partial charge on any atom is -0.314 e. The van der Waals surface area contributed by atoms with Crippen LogP contribution in [-0.2, 0) is 0 Å². The summed E-state index contributed by atoms with van der Waals surface area (Å²) in [5, 5.41) is 9.77. The Morgan fingerprint density at radius 2 is 2.25 bits per heavy atom. The Morgan fingerprint density at radius 3 is 2.81 bits per heavy atom. The Morgan fingerprint density at radius 1 is 1.50 bits per heavy atom. The van der Waals surface area contributed by atoms with Crippen LogP contribution in [0.2, 0.25) is 0 Å². The van der Waals surface area contributed by atoms with Gasteiger partial charge in [0.1, 0.15) is 6.33 Å². The third-order valence-corrected chi connectivity index (χ3v) is 3.35. The van der Waals surface area contributed by atoms with Crippen molar-refractivity contribution in [3.8, 4) is 0 Å². The molecule has 5 heteroatoms. The molecule has 0 aromatic carbocycles. The molecular formula is C11H20N4O. The highest BCUT2D eigenvalue weighted by molar-refractivity contribution is 4.82. The number of nitrogens with zero attached hydrogens (tertiary/aromatic N) is 2. The van der Waals surface area contributed by atoms with Crippen LogP contribution in [0.15, 0.2) is 11.1 Å². The van der Waals surface area contributed by atoms with E-state index in [1.54, 1.807) is 10.9 Å². The lowest BCUT2D eigenvalue weighted by Crippen LogP contribution is -2.35. The summed E-state index contributed by atoms with van der Waals surface area (Å²) < 4.78 is 1.73. The molecular weight excluding hydrogens is 204 g/mol. The molecule has 1 aliphatic rings. The van der Waals surface area contributed by atoms with Gasteiger partial charge in [0.05, 0.1) is 0 Å². The summed E-state index contributed by atoms with van der Waals surface area (Å²) in [5.41, 5.74) is -0.0787. The summed E-state index contributed by atoms with van der Waals surface area (Å²) in [6.07, 6.45) is 7.25. The van der Waals surface area contributed by atoms with Gasteiger partial charge < -0.3 is 5.32 Å². The number of hydrogen-bond acceptors (Lipinski definition) is 3. The quantitative estimate of drug-likeness (QED) is 0.803. The van der Waals surface area contributed by atoms with Crippen molar-refractivity contribution in [3.63, 3.8) is 0 Å². The molecule has 5 nitrogen and oxygen atoms in total. The van der Waals surface area contributed by atoms with E-state index in [1.807, 2.05) is 0 Å². The van der Waals surface area contributed by atoms with Gasteiger partial charge >= 0.3 is 5.69 Å². The number of nitrogens with one attached hydrogen (secondary N) is 2. The maximum absolute atomic E-state index is 11.4. The summed E-state index contributed by atoms with van der Waals surface area (Å²) in [7, 11) is 0. The zero-order chi connectivity index (χ0) is 11.4. The molecule has 2 rings (SSSR count). The Bertz CT molecular complexity index is 362. The van der Waals surface area contributed by atoms with Crippen molar-refractivity contribution >= 4 is 0 Å². The van der Waals surface area contributed by atoms with Gasteiger partial charge in [0.2, 0.25) is 0 Å². The number of hydrogen-bond donors (Lipinski definition) is 2. The monoisotopic (exact) mass is 224 g/mol. The largest absolute Gasteiger partial charge is 0.343 e. The van der Waals surface area contributed by atoms with E-state index in [1.165, 1.54) is 6.42 Å². The molecule has 90 valence electrons. The molecule has 1 fully saturated rings. The molecule has 0 atom stereocenters. The van der Waals surface area contributed by atoms with Crippen LogP contribution in [0.1, 0.15) is 45.1 Å². The average molecular weight is 224 g/mol. The van der Waals surface area contributed by atoms with E-state index >= 15 is 0 Å². The van der Waals surface area contributed by atoms with Crippen molar-refractivity contribution in [2.75, 3.05) is 6.54 Å². The molecule has 0 bridgehead atoms. The molecule has 2 N–H and O–H groups in total. The van der Waals surface area contributed by atoms with Gasteiger partial charge in [-0.2, -0.15) is 5.10 Å².